The molecule has 4 N–H and O–H groups in total. The SMILES string of the molecule is CC[C@H](C)[C@@H]([C@@H](CC(=O)N1CCC[C@H]1[C@H](OC)[C@@H](C)C(=O)N[C@@H](Cc1c[nH]c2ccccc12)C(=O)N1CC(O)CO1)OC)N(C)[C@H](C(=O)NC(=O)[C@H](C(C)C)N(C)CCCCCC(=O)ON1C(=O)CCC1=O)C(C)C. The van der Waals surface area contributed by atoms with Crippen LogP contribution in [0.3, 0.4) is 0 Å². The number of likely N-dealkylation sites (N-methyl/N-ethyl adjacent to an activating group) is 2. The van der Waals surface area contributed by atoms with Gasteiger partial charge in [-0.25, -0.2) is 9.86 Å². The van der Waals surface area contributed by atoms with Crippen LogP contribution in [0.2, 0.25) is 0 Å². The maximum absolute atomic E-state index is 14.6. The van der Waals surface area contributed by atoms with Crippen molar-refractivity contribution in [1.29, 1.82) is 0 Å². The summed E-state index contributed by atoms with van der Waals surface area (Å²) in [6, 6.07) is 4.29. The molecule has 21 heteroatoms. The molecular weight excluding hydrogens is 969 g/mol. The van der Waals surface area contributed by atoms with Gasteiger partial charge in [0.05, 0.1) is 49.2 Å². The van der Waals surface area contributed by atoms with Crippen LogP contribution in [0.1, 0.15) is 118 Å². The van der Waals surface area contributed by atoms with Crippen molar-refractivity contribution in [3.8, 4) is 0 Å². The first-order chi connectivity index (χ1) is 35.6. The maximum Gasteiger partial charge on any atom is 0.333 e. The third-order valence-corrected chi connectivity index (χ3v) is 15.2. The lowest BCUT2D eigenvalue weighted by molar-refractivity contribution is -0.197. The quantitative estimate of drug-likeness (QED) is 0.0704. The number of β-amino-alcohol motifs (C(OH)–C–C–N with tert-alkyl or cyclic N) is 1. The molecule has 7 amide bonds. The van der Waals surface area contributed by atoms with E-state index in [2.05, 4.69) is 22.5 Å². The highest BCUT2D eigenvalue weighted by Gasteiger charge is 2.45. The molecule has 3 fully saturated rings. The van der Waals surface area contributed by atoms with Gasteiger partial charge < -0.3 is 34.6 Å². The number of nitrogens with one attached hydrogen (secondary N) is 3. The van der Waals surface area contributed by atoms with E-state index < -0.39 is 95.9 Å². The number of para-hydroxylation sites is 1. The van der Waals surface area contributed by atoms with E-state index in [1.807, 2.05) is 89.0 Å². The summed E-state index contributed by atoms with van der Waals surface area (Å²) in [5.74, 6) is -5.03. The fourth-order valence-corrected chi connectivity index (χ4v) is 11.2. The minimum Gasteiger partial charge on any atom is -0.389 e. The predicted octanol–water partition coefficient (Wildman–Crippen LogP) is 3.52. The Morgan fingerprint density at radius 2 is 1.56 bits per heavy atom. The van der Waals surface area contributed by atoms with Crippen molar-refractivity contribution >= 4 is 58.2 Å². The zero-order valence-electron chi connectivity index (χ0n) is 46.0. The first kappa shape index (κ1) is 60.5. The lowest BCUT2D eigenvalue weighted by atomic mass is 9.87. The van der Waals surface area contributed by atoms with E-state index in [0.717, 1.165) is 21.5 Å². The van der Waals surface area contributed by atoms with E-state index in [4.69, 9.17) is 19.1 Å². The number of aliphatic hydroxyl groups excluding tert-OH is 1. The molecule has 2 aromatic rings. The fraction of sp³-hybridized carbons (Fsp3) is 0.704. The zero-order chi connectivity index (χ0) is 55.3. The number of aromatic nitrogens is 1. The van der Waals surface area contributed by atoms with E-state index in [9.17, 15) is 43.5 Å². The Bertz CT molecular complexity index is 2270. The molecule has 0 spiro atoms. The number of aliphatic hydroxyl groups is 1. The average Bonchev–Trinajstić information content (AvgIpc) is 4.19. The Balaban J connectivity index is 1.22. The van der Waals surface area contributed by atoms with Crippen molar-refractivity contribution in [2.75, 3.05) is 54.6 Å². The lowest BCUT2D eigenvalue weighted by Gasteiger charge is -2.43. The Morgan fingerprint density at radius 3 is 2.17 bits per heavy atom. The van der Waals surface area contributed by atoms with E-state index >= 15 is 0 Å². The first-order valence-electron chi connectivity index (χ1n) is 26.8. The molecule has 1 aromatic heterocycles. The first-order valence-corrected chi connectivity index (χ1v) is 26.8. The summed E-state index contributed by atoms with van der Waals surface area (Å²) >= 11 is 0. The monoisotopic (exact) mass is 1050 g/mol. The summed E-state index contributed by atoms with van der Waals surface area (Å²) in [5, 5.41) is 18.4. The topological polar surface area (TPSA) is 250 Å². The molecule has 10 atom stereocenters. The molecule has 3 aliphatic heterocycles. The number of likely N-dealkylation sites (tertiary alicyclic amines) is 1. The van der Waals surface area contributed by atoms with Crippen LogP contribution in [0.5, 0.6) is 0 Å². The zero-order valence-corrected chi connectivity index (χ0v) is 46.0. The number of hydrogen-bond donors (Lipinski definition) is 4. The summed E-state index contributed by atoms with van der Waals surface area (Å²) < 4.78 is 12.2. The molecular formula is C54H84N8O13. The van der Waals surface area contributed by atoms with Crippen LogP contribution in [-0.2, 0) is 63.9 Å². The van der Waals surface area contributed by atoms with Gasteiger partial charge in [-0.2, -0.15) is 0 Å². The number of ether oxygens (including phenoxy) is 2. The smallest absolute Gasteiger partial charge is 0.333 e. The highest BCUT2D eigenvalue weighted by atomic mass is 16.7. The molecule has 0 saturated carbocycles. The number of H-pyrrole nitrogens is 1. The molecule has 75 heavy (non-hydrogen) atoms. The second-order valence-corrected chi connectivity index (χ2v) is 21.3. The van der Waals surface area contributed by atoms with Crippen molar-refractivity contribution in [2.45, 2.75) is 168 Å². The van der Waals surface area contributed by atoms with Crippen LogP contribution in [0, 0.1) is 23.7 Å². The van der Waals surface area contributed by atoms with Gasteiger partial charge in [-0.15, -0.1) is 5.06 Å². The highest BCUT2D eigenvalue weighted by molar-refractivity contribution is 6.02. The van der Waals surface area contributed by atoms with Gasteiger partial charge in [0.25, 0.3) is 17.7 Å². The van der Waals surface area contributed by atoms with Gasteiger partial charge in [0.1, 0.15) is 18.8 Å². The van der Waals surface area contributed by atoms with E-state index in [0.29, 0.717) is 56.7 Å². The Hall–Kier alpha value is -5.32. The third kappa shape index (κ3) is 15.4. The normalized spacial score (nSPS) is 20.5. The van der Waals surface area contributed by atoms with Gasteiger partial charge in [-0.3, -0.25) is 53.5 Å². The van der Waals surface area contributed by atoms with Crippen molar-refractivity contribution < 1.29 is 62.6 Å². The maximum atomic E-state index is 14.6. The van der Waals surface area contributed by atoms with Crippen LogP contribution in [0.15, 0.2) is 30.5 Å². The summed E-state index contributed by atoms with van der Waals surface area (Å²) in [6.45, 7) is 14.3. The predicted molar refractivity (Wildman–Crippen MR) is 277 cm³/mol. The average molecular weight is 1050 g/mol. The number of methoxy groups -OCH3 is 2. The van der Waals surface area contributed by atoms with Gasteiger partial charge in [0.15, 0.2) is 0 Å². The summed E-state index contributed by atoms with van der Waals surface area (Å²) in [5.41, 5.74) is 1.70. The number of fused-ring (bicyclic) bond motifs is 1. The fourth-order valence-electron chi connectivity index (χ4n) is 11.2. The van der Waals surface area contributed by atoms with Gasteiger partial charge in [-0.1, -0.05) is 79.5 Å². The summed E-state index contributed by atoms with van der Waals surface area (Å²) in [4.78, 5) is 126. The number of aromatic amines is 1. The largest absolute Gasteiger partial charge is 0.389 e. The number of nitrogens with zero attached hydrogens (tertiary/aromatic N) is 5. The Labute approximate surface area is 441 Å². The minimum atomic E-state index is -1.03. The molecule has 1 aromatic carbocycles. The molecule has 0 aliphatic carbocycles. The molecule has 5 rings (SSSR count). The van der Waals surface area contributed by atoms with Gasteiger partial charge in [0, 0.05) is 69.6 Å². The van der Waals surface area contributed by atoms with Crippen LogP contribution < -0.4 is 10.6 Å². The van der Waals surface area contributed by atoms with Crippen LogP contribution in [0.4, 0.5) is 0 Å². The minimum absolute atomic E-state index is 0.0235. The van der Waals surface area contributed by atoms with Crippen molar-refractivity contribution in [3.05, 3.63) is 36.0 Å². The van der Waals surface area contributed by atoms with Gasteiger partial charge in [-0.05, 0) is 75.7 Å². The molecule has 3 aliphatic rings. The summed E-state index contributed by atoms with van der Waals surface area (Å²) in [6.07, 6.45) is 3.41. The van der Waals surface area contributed by atoms with Crippen molar-refractivity contribution in [3.63, 3.8) is 0 Å². The number of carbonyl (C=O) groups is 8. The molecule has 4 heterocycles. The van der Waals surface area contributed by atoms with Crippen LogP contribution in [-0.4, -0.2) is 185 Å². The number of unbranched alkanes of at least 4 members (excludes halogenated alkanes) is 2. The van der Waals surface area contributed by atoms with Crippen LogP contribution >= 0.6 is 0 Å². The van der Waals surface area contributed by atoms with Gasteiger partial charge in [0.2, 0.25) is 23.6 Å². The number of hydroxylamine groups is 4. The number of carbonyl (C=O) groups excluding carboxylic acids is 8. The molecule has 21 nitrogen and oxygen atoms in total. The van der Waals surface area contributed by atoms with Crippen molar-refractivity contribution in [2.24, 2.45) is 23.7 Å². The number of benzene rings is 1. The molecule has 418 valence electrons. The highest BCUT2D eigenvalue weighted by Crippen LogP contribution is 2.31. The van der Waals surface area contributed by atoms with E-state index in [1.54, 1.807) is 18.9 Å². The van der Waals surface area contributed by atoms with Gasteiger partial charge >= 0.3 is 5.97 Å². The molecule has 0 radical (unpaired) electrons. The Morgan fingerprint density at radius 1 is 0.893 bits per heavy atom. The van der Waals surface area contributed by atoms with E-state index in [1.165, 1.54) is 7.11 Å². The molecule has 1 unspecified atom stereocenters. The number of rotatable bonds is 28. The number of amides is 7. The molecule has 0 bridgehead atoms. The lowest BCUT2D eigenvalue weighted by Crippen LogP contribution is -2.60. The van der Waals surface area contributed by atoms with E-state index in [-0.39, 0.29) is 68.9 Å². The number of imide groups is 2. The van der Waals surface area contributed by atoms with Crippen LogP contribution in [0.25, 0.3) is 10.9 Å². The molecule has 3 saturated heterocycles. The Kier molecular flexibility index (Phi) is 22.7. The van der Waals surface area contributed by atoms with Crippen molar-refractivity contribution in [1.82, 2.24) is 40.4 Å². The second kappa shape index (κ2) is 28.2. The third-order valence-electron chi connectivity index (χ3n) is 15.2. The summed E-state index contributed by atoms with van der Waals surface area (Å²) in [7, 11) is 6.71. The number of hydrogen-bond acceptors (Lipinski definition) is 15. The second-order valence-electron chi connectivity index (χ2n) is 21.3. The standard InChI is InChI=1S/C54H84N8O13/c1-12-34(6)49(59(9)48(33(4)5)53(70)57-52(69)47(32(2)3)58(8)25-17-13-14-22-46(67)75-62-43(64)23-24-44(62)65)42(72-10)28-45(66)60-26-18-21-41(60)50(73-11)35(7)51(68)56-40(54(71)61-30-37(63)31-74-61)27-36-29-55-39-20-16-15-19-38(36)39/h15-16,19-20,29,32-35,37,40-42,47-50,55,63H,12-14,17-18,21-28,30-31H2,1-11H3,(H,56,68)(H,57,69,70)/t34-,35+,37?,40-,41-,42+,47-,48-,49-,50+/m0/s1.